The topological polar surface area (TPSA) is 49.3 Å². The lowest BCUT2D eigenvalue weighted by molar-refractivity contribution is -0.132. The lowest BCUT2D eigenvalue weighted by Crippen LogP contribution is -2.23. The number of rotatable bonds is 5. The van der Waals surface area contributed by atoms with E-state index in [0.29, 0.717) is 12.6 Å². The zero-order valence-corrected chi connectivity index (χ0v) is 7.34. The van der Waals surface area contributed by atoms with Gasteiger partial charge in [-0.25, -0.2) is 4.79 Å². The van der Waals surface area contributed by atoms with E-state index >= 15 is 0 Å². The van der Waals surface area contributed by atoms with Crippen molar-refractivity contribution in [3.05, 3.63) is 12.2 Å². The maximum Gasteiger partial charge on any atom is 0.332 e. The van der Waals surface area contributed by atoms with Gasteiger partial charge in [0.15, 0.2) is 0 Å². The number of carboxylic acid groups (broad SMARTS) is 1. The molecule has 0 aromatic carbocycles. The van der Waals surface area contributed by atoms with Crippen LogP contribution in [0.15, 0.2) is 12.2 Å². The van der Waals surface area contributed by atoms with E-state index in [-0.39, 0.29) is 5.57 Å². The SMILES string of the molecule is C=C(CNC1CC1CC)C(=O)O. The van der Waals surface area contributed by atoms with Gasteiger partial charge >= 0.3 is 5.97 Å². The minimum Gasteiger partial charge on any atom is -0.478 e. The normalized spacial score (nSPS) is 26.8. The molecule has 3 nitrogen and oxygen atoms in total. The summed E-state index contributed by atoms with van der Waals surface area (Å²) in [5.41, 5.74) is 0.247. The Morgan fingerprint density at radius 3 is 2.83 bits per heavy atom. The van der Waals surface area contributed by atoms with Crippen molar-refractivity contribution in [3.63, 3.8) is 0 Å². The quantitative estimate of drug-likeness (QED) is 0.604. The van der Waals surface area contributed by atoms with Crippen LogP contribution in [0.2, 0.25) is 0 Å². The summed E-state index contributed by atoms with van der Waals surface area (Å²) in [5, 5.41) is 11.7. The molecule has 0 aromatic rings. The van der Waals surface area contributed by atoms with Crippen molar-refractivity contribution in [2.75, 3.05) is 6.54 Å². The standard InChI is InChI=1S/C9H15NO2/c1-3-7-4-8(7)10-5-6(2)9(11)12/h7-8,10H,2-5H2,1H3,(H,11,12). The molecular formula is C9H15NO2. The molecule has 1 fully saturated rings. The number of aliphatic carboxylic acids is 1. The van der Waals surface area contributed by atoms with Gasteiger partial charge in [0.25, 0.3) is 0 Å². The van der Waals surface area contributed by atoms with Gasteiger partial charge in [-0.15, -0.1) is 0 Å². The van der Waals surface area contributed by atoms with Gasteiger partial charge in [-0.05, 0) is 12.3 Å². The van der Waals surface area contributed by atoms with Crippen LogP contribution in [0, 0.1) is 5.92 Å². The molecule has 68 valence electrons. The molecule has 0 aliphatic heterocycles. The Balaban J connectivity index is 2.11. The molecule has 3 heteroatoms. The summed E-state index contributed by atoms with van der Waals surface area (Å²) in [6, 6.07) is 0.533. The van der Waals surface area contributed by atoms with Crippen LogP contribution in [0.3, 0.4) is 0 Å². The third-order valence-electron chi connectivity index (χ3n) is 2.33. The predicted molar refractivity (Wildman–Crippen MR) is 47.0 cm³/mol. The average Bonchev–Trinajstić information content (AvgIpc) is 2.78. The van der Waals surface area contributed by atoms with Crippen LogP contribution in [-0.4, -0.2) is 23.7 Å². The molecule has 0 radical (unpaired) electrons. The summed E-state index contributed by atoms with van der Waals surface area (Å²) < 4.78 is 0. The van der Waals surface area contributed by atoms with Crippen LogP contribution < -0.4 is 5.32 Å². The van der Waals surface area contributed by atoms with Gasteiger partial charge in [-0.1, -0.05) is 19.9 Å². The second kappa shape index (κ2) is 3.72. The van der Waals surface area contributed by atoms with Crippen molar-refractivity contribution in [2.24, 2.45) is 5.92 Å². The minimum absolute atomic E-state index is 0.247. The van der Waals surface area contributed by atoms with E-state index in [1.807, 2.05) is 0 Å². The molecule has 0 saturated heterocycles. The maximum absolute atomic E-state index is 10.3. The molecule has 0 heterocycles. The first-order chi connectivity index (χ1) is 5.65. The lowest BCUT2D eigenvalue weighted by Gasteiger charge is -2.02. The Morgan fingerprint density at radius 1 is 1.75 bits per heavy atom. The average molecular weight is 169 g/mol. The molecule has 2 atom stereocenters. The summed E-state index contributed by atoms with van der Waals surface area (Å²) in [7, 11) is 0. The van der Waals surface area contributed by atoms with Gasteiger partial charge in [-0.3, -0.25) is 0 Å². The van der Waals surface area contributed by atoms with Gasteiger partial charge < -0.3 is 10.4 Å². The first kappa shape index (κ1) is 9.26. The number of carbonyl (C=O) groups is 1. The molecule has 1 aliphatic rings. The third-order valence-corrected chi connectivity index (χ3v) is 2.33. The first-order valence-corrected chi connectivity index (χ1v) is 4.29. The van der Waals surface area contributed by atoms with E-state index in [1.54, 1.807) is 0 Å². The molecule has 0 spiro atoms. The molecule has 1 aliphatic carbocycles. The monoisotopic (exact) mass is 169 g/mol. The van der Waals surface area contributed by atoms with Gasteiger partial charge in [-0.2, -0.15) is 0 Å². The fraction of sp³-hybridized carbons (Fsp3) is 0.667. The highest BCUT2D eigenvalue weighted by molar-refractivity contribution is 5.86. The zero-order valence-electron chi connectivity index (χ0n) is 7.34. The predicted octanol–water partition coefficient (Wildman–Crippen LogP) is 1.02. The molecule has 12 heavy (non-hydrogen) atoms. The van der Waals surface area contributed by atoms with Crippen molar-refractivity contribution in [3.8, 4) is 0 Å². The van der Waals surface area contributed by atoms with E-state index < -0.39 is 5.97 Å². The Hall–Kier alpha value is -0.830. The number of carboxylic acids is 1. The fourth-order valence-corrected chi connectivity index (χ4v) is 1.28. The molecule has 2 unspecified atom stereocenters. The fourth-order valence-electron chi connectivity index (χ4n) is 1.28. The van der Waals surface area contributed by atoms with Crippen molar-refractivity contribution in [2.45, 2.75) is 25.8 Å². The molecule has 0 aromatic heterocycles. The van der Waals surface area contributed by atoms with Crippen molar-refractivity contribution >= 4 is 5.97 Å². The number of nitrogens with one attached hydrogen (secondary N) is 1. The maximum atomic E-state index is 10.3. The van der Waals surface area contributed by atoms with Gasteiger partial charge in [0.2, 0.25) is 0 Å². The van der Waals surface area contributed by atoms with E-state index in [1.165, 1.54) is 12.8 Å². The summed E-state index contributed by atoms with van der Waals surface area (Å²) >= 11 is 0. The van der Waals surface area contributed by atoms with Gasteiger partial charge in [0.05, 0.1) is 0 Å². The van der Waals surface area contributed by atoms with Crippen molar-refractivity contribution in [1.82, 2.24) is 5.32 Å². The molecule has 0 amide bonds. The van der Waals surface area contributed by atoms with Crippen molar-refractivity contribution in [1.29, 1.82) is 0 Å². The second-order valence-electron chi connectivity index (χ2n) is 3.30. The summed E-state index contributed by atoms with van der Waals surface area (Å²) in [6.45, 7) is 6.01. The summed E-state index contributed by atoms with van der Waals surface area (Å²) in [5.74, 6) is -0.150. The summed E-state index contributed by atoms with van der Waals surface area (Å²) in [6.07, 6.45) is 2.36. The van der Waals surface area contributed by atoms with Crippen LogP contribution in [-0.2, 0) is 4.79 Å². The highest BCUT2D eigenvalue weighted by atomic mass is 16.4. The van der Waals surface area contributed by atoms with Crippen LogP contribution in [0.25, 0.3) is 0 Å². The Bertz CT molecular complexity index is 201. The minimum atomic E-state index is -0.906. The molecule has 1 rings (SSSR count). The van der Waals surface area contributed by atoms with E-state index in [4.69, 9.17) is 5.11 Å². The Kier molecular flexibility index (Phi) is 2.87. The molecular weight excluding hydrogens is 154 g/mol. The zero-order chi connectivity index (χ0) is 9.14. The highest BCUT2D eigenvalue weighted by Crippen LogP contribution is 2.32. The smallest absolute Gasteiger partial charge is 0.332 e. The third kappa shape index (κ3) is 2.34. The number of hydrogen-bond acceptors (Lipinski definition) is 2. The summed E-state index contributed by atoms with van der Waals surface area (Å²) in [4.78, 5) is 10.3. The second-order valence-corrected chi connectivity index (χ2v) is 3.30. The molecule has 1 saturated carbocycles. The van der Waals surface area contributed by atoms with Gasteiger partial charge in [0, 0.05) is 18.2 Å². The van der Waals surface area contributed by atoms with E-state index in [9.17, 15) is 4.79 Å². The van der Waals surface area contributed by atoms with E-state index in [2.05, 4.69) is 18.8 Å². The van der Waals surface area contributed by atoms with Crippen LogP contribution in [0.4, 0.5) is 0 Å². The van der Waals surface area contributed by atoms with Crippen molar-refractivity contribution < 1.29 is 9.90 Å². The first-order valence-electron chi connectivity index (χ1n) is 4.29. The van der Waals surface area contributed by atoms with Crippen LogP contribution in [0.5, 0.6) is 0 Å². The van der Waals surface area contributed by atoms with Crippen LogP contribution >= 0.6 is 0 Å². The Labute approximate surface area is 72.5 Å². The largest absolute Gasteiger partial charge is 0.478 e. The molecule has 0 bridgehead atoms. The molecule has 2 N–H and O–H groups in total. The van der Waals surface area contributed by atoms with E-state index in [0.717, 1.165) is 5.92 Å². The van der Waals surface area contributed by atoms with Crippen LogP contribution in [0.1, 0.15) is 19.8 Å². The van der Waals surface area contributed by atoms with Gasteiger partial charge in [0.1, 0.15) is 0 Å². The number of hydrogen-bond donors (Lipinski definition) is 2. The highest BCUT2D eigenvalue weighted by Gasteiger charge is 2.34. The Morgan fingerprint density at radius 2 is 2.42 bits per heavy atom. The lowest BCUT2D eigenvalue weighted by atomic mass is 10.3.